The normalized spacial score (nSPS) is 14.0. The fraction of sp³-hybridized carbons (Fsp3) is 0.357. The van der Waals surface area contributed by atoms with Gasteiger partial charge in [-0.1, -0.05) is 6.07 Å². The molecule has 2 aromatic rings. The number of hydrogen-bond donors (Lipinski definition) is 2. The molecule has 1 aliphatic rings. The molecule has 1 amide bonds. The van der Waals surface area contributed by atoms with Gasteiger partial charge in [-0.15, -0.1) is 0 Å². The van der Waals surface area contributed by atoms with Crippen LogP contribution in [0.1, 0.15) is 28.9 Å². The molecule has 0 aromatic carbocycles. The Morgan fingerprint density at radius 2 is 2.33 bits per heavy atom. The largest absolute Gasteiger partial charge is 0.382 e. The van der Waals surface area contributed by atoms with Crippen LogP contribution in [0.2, 0.25) is 0 Å². The average Bonchev–Trinajstić information content (AvgIpc) is 3.19. The Morgan fingerprint density at radius 3 is 3.00 bits per heavy atom. The summed E-state index contributed by atoms with van der Waals surface area (Å²) in [7, 11) is 1.91. The summed E-state index contributed by atoms with van der Waals surface area (Å²) in [6.07, 6.45) is 3.84. The third kappa shape index (κ3) is 3.13. The number of rotatable bonds is 5. The molecule has 2 heterocycles. The highest BCUT2D eigenvalue weighted by Gasteiger charge is 2.28. The molecular weight excluding hydrogens is 286 g/mol. The minimum atomic E-state index is -0.133. The van der Waals surface area contributed by atoms with Crippen molar-refractivity contribution in [3.05, 3.63) is 35.7 Å². The number of aromatic nitrogens is 2. The molecule has 110 valence electrons. The van der Waals surface area contributed by atoms with Crippen LogP contribution in [-0.2, 0) is 6.54 Å². The number of nitrogens with two attached hydrogens (primary N) is 1. The van der Waals surface area contributed by atoms with Crippen molar-refractivity contribution in [1.29, 1.82) is 0 Å². The molecule has 1 saturated carbocycles. The number of carbonyl (C=O) groups excluding carboxylic acids is 1. The number of pyridine rings is 1. The summed E-state index contributed by atoms with van der Waals surface area (Å²) >= 11 is 1.24. The van der Waals surface area contributed by atoms with E-state index in [-0.39, 0.29) is 5.91 Å². The monoisotopic (exact) mass is 303 g/mol. The van der Waals surface area contributed by atoms with E-state index in [4.69, 9.17) is 5.73 Å². The number of amides is 1. The quantitative estimate of drug-likeness (QED) is 0.877. The van der Waals surface area contributed by atoms with Gasteiger partial charge in [0.25, 0.3) is 5.91 Å². The fourth-order valence-corrected chi connectivity index (χ4v) is 2.83. The van der Waals surface area contributed by atoms with Gasteiger partial charge in [0.1, 0.15) is 10.6 Å². The van der Waals surface area contributed by atoms with Crippen LogP contribution in [0.4, 0.5) is 10.8 Å². The molecule has 2 aromatic heterocycles. The van der Waals surface area contributed by atoms with Crippen LogP contribution in [0.3, 0.4) is 0 Å². The zero-order valence-corrected chi connectivity index (χ0v) is 12.6. The average molecular weight is 303 g/mol. The zero-order valence-electron chi connectivity index (χ0n) is 11.7. The summed E-state index contributed by atoms with van der Waals surface area (Å²) in [4.78, 5) is 18.5. The summed E-state index contributed by atoms with van der Waals surface area (Å²) in [5.41, 5.74) is 7.27. The molecule has 0 radical (unpaired) electrons. The van der Waals surface area contributed by atoms with Gasteiger partial charge in [-0.3, -0.25) is 9.78 Å². The minimum absolute atomic E-state index is 0.133. The van der Waals surface area contributed by atoms with E-state index in [2.05, 4.69) is 14.7 Å². The van der Waals surface area contributed by atoms with Crippen LogP contribution in [0.5, 0.6) is 0 Å². The van der Waals surface area contributed by atoms with Crippen LogP contribution in [0.25, 0.3) is 0 Å². The number of hydrogen-bond acceptors (Lipinski definition) is 6. The topological polar surface area (TPSA) is 84.1 Å². The Hall–Kier alpha value is -2.15. The molecule has 0 bridgehead atoms. The molecule has 0 aliphatic heterocycles. The molecule has 0 spiro atoms. The van der Waals surface area contributed by atoms with Crippen molar-refractivity contribution in [1.82, 2.24) is 14.7 Å². The third-order valence-electron chi connectivity index (χ3n) is 3.31. The number of carbonyl (C=O) groups is 1. The first kappa shape index (κ1) is 13.8. The summed E-state index contributed by atoms with van der Waals surface area (Å²) in [6, 6.07) is 6.07. The van der Waals surface area contributed by atoms with E-state index in [0.717, 1.165) is 23.5 Å². The SMILES string of the molecule is CN(Cc1ccccn1)c1snc(N)c1C(=O)NC1CC1. The predicted molar refractivity (Wildman–Crippen MR) is 83.4 cm³/mol. The van der Waals surface area contributed by atoms with Crippen LogP contribution in [-0.4, -0.2) is 28.4 Å². The van der Waals surface area contributed by atoms with Crippen molar-refractivity contribution in [2.75, 3.05) is 17.7 Å². The molecule has 3 rings (SSSR count). The zero-order chi connectivity index (χ0) is 14.8. The van der Waals surface area contributed by atoms with Crippen LogP contribution in [0.15, 0.2) is 24.4 Å². The first-order valence-corrected chi connectivity index (χ1v) is 7.59. The van der Waals surface area contributed by atoms with Crippen molar-refractivity contribution >= 4 is 28.3 Å². The van der Waals surface area contributed by atoms with Crippen molar-refractivity contribution in [3.63, 3.8) is 0 Å². The van der Waals surface area contributed by atoms with Crippen LogP contribution < -0.4 is 16.0 Å². The van der Waals surface area contributed by atoms with Gasteiger partial charge >= 0.3 is 0 Å². The Bertz CT molecular complexity index is 638. The highest BCUT2D eigenvalue weighted by molar-refractivity contribution is 7.11. The smallest absolute Gasteiger partial charge is 0.258 e. The van der Waals surface area contributed by atoms with E-state index >= 15 is 0 Å². The number of nitrogens with zero attached hydrogens (tertiary/aromatic N) is 3. The maximum Gasteiger partial charge on any atom is 0.258 e. The number of nitrogens with one attached hydrogen (secondary N) is 1. The Labute approximate surface area is 127 Å². The highest BCUT2D eigenvalue weighted by Crippen LogP contribution is 2.31. The van der Waals surface area contributed by atoms with Gasteiger partial charge in [0.2, 0.25) is 0 Å². The summed E-state index contributed by atoms with van der Waals surface area (Å²) in [6.45, 7) is 0.603. The molecule has 7 heteroatoms. The number of nitrogen functional groups attached to an aromatic ring is 1. The standard InChI is InChI=1S/C14H17N5OS/c1-19(8-10-4-2-3-7-16-10)14-11(12(15)18-21-14)13(20)17-9-5-6-9/h2-4,7,9H,5-6,8H2,1H3,(H2,15,18)(H,17,20). The highest BCUT2D eigenvalue weighted by atomic mass is 32.1. The molecule has 6 nitrogen and oxygen atoms in total. The van der Waals surface area contributed by atoms with E-state index in [9.17, 15) is 4.79 Å². The second kappa shape index (κ2) is 5.69. The van der Waals surface area contributed by atoms with E-state index in [0.29, 0.717) is 24.0 Å². The van der Waals surface area contributed by atoms with Crippen LogP contribution >= 0.6 is 11.5 Å². The Morgan fingerprint density at radius 1 is 1.52 bits per heavy atom. The lowest BCUT2D eigenvalue weighted by Crippen LogP contribution is -2.28. The van der Waals surface area contributed by atoms with Gasteiger partial charge in [-0.05, 0) is 36.5 Å². The number of anilines is 2. The Balaban J connectivity index is 1.79. The Kier molecular flexibility index (Phi) is 3.74. The molecule has 3 N–H and O–H groups in total. The van der Waals surface area contributed by atoms with Gasteiger partial charge < -0.3 is 16.0 Å². The molecule has 1 aliphatic carbocycles. The minimum Gasteiger partial charge on any atom is -0.382 e. The summed E-state index contributed by atoms with van der Waals surface area (Å²) in [5, 5.41) is 3.74. The predicted octanol–water partition coefficient (Wildman–Crippen LogP) is 1.65. The lowest BCUT2D eigenvalue weighted by atomic mass is 10.2. The maximum atomic E-state index is 12.3. The first-order chi connectivity index (χ1) is 10.1. The second-order valence-electron chi connectivity index (χ2n) is 5.17. The summed E-state index contributed by atoms with van der Waals surface area (Å²) in [5.74, 6) is 0.160. The lowest BCUT2D eigenvalue weighted by molar-refractivity contribution is 0.0952. The van der Waals surface area contributed by atoms with Gasteiger partial charge in [0, 0.05) is 19.3 Å². The van der Waals surface area contributed by atoms with E-state index in [1.807, 2.05) is 30.1 Å². The van der Waals surface area contributed by atoms with Crippen molar-refractivity contribution in [2.45, 2.75) is 25.4 Å². The second-order valence-corrected chi connectivity index (χ2v) is 5.92. The molecule has 21 heavy (non-hydrogen) atoms. The third-order valence-corrected chi connectivity index (χ3v) is 4.29. The molecule has 0 unspecified atom stereocenters. The van der Waals surface area contributed by atoms with Gasteiger partial charge in [-0.25, -0.2) is 0 Å². The van der Waals surface area contributed by atoms with Crippen molar-refractivity contribution < 1.29 is 4.79 Å². The molecular formula is C14H17N5OS. The summed E-state index contributed by atoms with van der Waals surface area (Å²) < 4.78 is 4.12. The van der Waals surface area contributed by atoms with Gasteiger partial charge in [-0.2, -0.15) is 4.37 Å². The maximum absolute atomic E-state index is 12.3. The van der Waals surface area contributed by atoms with Crippen molar-refractivity contribution in [3.8, 4) is 0 Å². The fourth-order valence-electron chi connectivity index (χ4n) is 2.06. The molecule has 1 fully saturated rings. The molecule has 0 saturated heterocycles. The molecule has 0 atom stereocenters. The first-order valence-electron chi connectivity index (χ1n) is 6.82. The van der Waals surface area contributed by atoms with Gasteiger partial charge in [0.15, 0.2) is 5.82 Å². The van der Waals surface area contributed by atoms with E-state index in [1.54, 1.807) is 6.20 Å². The van der Waals surface area contributed by atoms with E-state index < -0.39 is 0 Å². The van der Waals surface area contributed by atoms with Crippen LogP contribution in [0, 0.1) is 0 Å². The van der Waals surface area contributed by atoms with E-state index in [1.165, 1.54) is 11.5 Å². The van der Waals surface area contributed by atoms with Gasteiger partial charge in [0.05, 0.1) is 12.2 Å². The van der Waals surface area contributed by atoms with Crippen molar-refractivity contribution in [2.24, 2.45) is 0 Å². The lowest BCUT2D eigenvalue weighted by Gasteiger charge is -2.18.